The van der Waals surface area contributed by atoms with E-state index in [1.165, 1.54) is 49.4 Å². The second-order valence-corrected chi connectivity index (χ2v) is 12.4. The third-order valence-electron chi connectivity index (χ3n) is 9.32. The Morgan fingerprint density at radius 2 is 0.600 bits per heavy atom. The molecule has 1 aromatic heterocycles. The Kier molecular flexibility index (Phi) is 7.49. The molecule has 1 heterocycles. The van der Waals surface area contributed by atoms with Crippen molar-refractivity contribution in [1.29, 1.82) is 0 Å². The maximum Gasteiger partial charge on any atom is 0.164 e. The van der Waals surface area contributed by atoms with Gasteiger partial charge in [-0.25, -0.2) is 15.0 Å². The Balaban J connectivity index is 1.27. The Morgan fingerprint density at radius 1 is 0.240 bits per heavy atom. The van der Waals surface area contributed by atoms with E-state index < -0.39 is 0 Å². The summed E-state index contributed by atoms with van der Waals surface area (Å²) < 4.78 is 0. The molecule has 0 saturated carbocycles. The van der Waals surface area contributed by atoms with Crippen LogP contribution in [0.2, 0.25) is 0 Å². The first-order valence-corrected chi connectivity index (χ1v) is 16.9. The summed E-state index contributed by atoms with van der Waals surface area (Å²) in [6.45, 7) is 0. The van der Waals surface area contributed by atoms with Crippen LogP contribution < -0.4 is 0 Å². The molecule has 0 unspecified atom stereocenters. The molecule has 0 aliphatic rings. The van der Waals surface area contributed by atoms with Gasteiger partial charge >= 0.3 is 0 Å². The zero-order valence-corrected chi connectivity index (χ0v) is 27.2. The van der Waals surface area contributed by atoms with E-state index in [-0.39, 0.29) is 0 Å². The Labute approximate surface area is 291 Å². The lowest BCUT2D eigenvalue weighted by molar-refractivity contribution is 1.07. The highest BCUT2D eigenvalue weighted by atomic mass is 15.0. The zero-order valence-electron chi connectivity index (χ0n) is 27.2. The van der Waals surface area contributed by atoms with Crippen LogP contribution in [0, 0.1) is 0 Å². The van der Waals surface area contributed by atoms with E-state index in [1.54, 1.807) is 0 Å². The molecule has 0 bridgehead atoms. The van der Waals surface area contributed by atoms with Crippen LogP contribution in [0.5, 0.6) is 0 Å². The topological polar surface area (TPSA) is 38.7 Å². The predicted molar refractivity (Wildman–Crippen MR) is 207 cm³/mol. The molecule has 3 heteroatoms. The molecule has 0 radical (unpaired) electrons. The van der Waals surface area contributed by atoms with Crippen molar-refractivity contribution in [3.63, 3.8) is 0 Å². The first-order valence-electron chi connectivity index (χ1n) is 16.9. The lowest BCUT2D eigenvalue weighted by Crippen LogP contribution is -2.00. The van der Waals surface area contributed by atoms with Crippen molar-refractivity contribution in [3.8, 4) is 67.5 Å². The fourth-order valence-electron chi connectivity index (χ4n) is 7.05. The Bertz CT molecular complexity index is 2520. The van der Waals surface area contributed by atoms with Crippen LogP contribution in [0.25, 0.3) is 89.1 Å². The third kappa shape index (κ3) is 5.32. The van der Waals surface area contributed by atoms with Gasteiger partial charge in [-0.15, -0.1) is 0 Å². The van der Waals surface area contributed by atoms with Crippen LogP contribution in [-0.2, 0) is 0 Å². The minimum Gasteiger partial charge on any atom is -0.208 e. The smallest absolute Gasteiger partial charge is 0.164 e. The molecule has 0 aliphatic carbocycles. The van der Waals surface area contributed by atoms with Crippen molar-refractivity contribution in [2.24, 2.45) is 0 Å². The number of hydrogen-bond donors (Lipinski definition) is 0. The van der Waals surface area contributed by atoms with E-state index in [4.69, 9.17) is 15.0 Å². The van der Waals surface area contributed by atoms with Gasteiger partial charge in [0.1, 0.15) is 0 Å². The largest absolute Gasteiger partial charge is 0.208 e. The first-order chi connectivity index (χ1) is 24.8. The third-order valence-corrected chi connectivity index (χ3v) is 9.32. The average Bonchev–Trinajstić information content (AvgIpc) is 3.21. The Morgan fingerprint density at radius 3 is 1.12 bits per heavy atom. The molecule has 9 aromatic rings. The molecule has 50 heavy (non-hydrogen) atoms. The van der Waals surface area contributed by atoms with Crippen molar-refractivity contribution in [1.82, 2.24) is 15.0 Å². The summed E-state index contributed by atoms with van der Waals surface area (Å²) in [6.07, 6.45) is 0. The van der Waals surface area contributed by atoms with Crippen LogP contribution in [0.1, 0.15) is 0 Å². The summed E-state index contributed by atoms with van der Waals surface area (Å²) in [5.74, 6) is 1.94. The van der Waals surface area contributed by atoms with Gasteiger partial charge in [0.15, 0.2) is 17.5 Å². The molecular formula is C47H31N3. The van der Waals surface area contributed by atoms with Gasteiger partial charge in [0.25, 0.3) is 0 Å². The van der Waals surface area contributed by atoms with Crippen molar-refractivity contribution < 1.29 is 0 Å². The maximum absolute atomic E-state index is 5.03. The standard InChI is InChI=1S/C47H31N3/c1-4-17-32(18-5-1)37-25-10-11-26-38(37)44-41-29-14-12-27-39(41)43(40-28-13-15-30-42(40)44)35-23-16-24-36(31-35)47-49-45(33-19-6-2-7-20-33)48-46(50-47)34-21-8-3-9-22-34/h1-31H. The molecule has 8 aromatic carbocycles. The highest BCUT2D eigenvalue weighted by Crippen LogP contribution is 2.46. The highest BCUT2D eigenvalue weighted by molar-refractivity contribution is 6.22. The average molecular weight is 638 g/mol. The van der Waals surface area contributed by atoms with Crippen molar-refractivity contribution in [3.05, 3.63) is 188 Å². The van der Waals surface area contributed by atoms with Gasteiger partial charge in [-0.1, -0.05) is 182 Å². The molecule has 0 spiro atoms. The normalized spacial score (nSPS) is 11.2. The molecule has 0 N–H and O–H groups in total. The number of nitrogens with zero attached hydrogens (tertiary/aromatic N) is 3. The van der Waals surface area contributed by atoms with Crippen LogP contribution in [0.15, 0.2) is 188 Å². The van der Waals surface area contributed by atoms with Crippen molar-refractivity contribution >= 4 is 21.5 Å². The van der Waals surface area contributed by atoms with E-state index >= 15 is 0 Å². The van der Waals surface area contributed by atoms with Crippen LogP contribution in [-0.4, -0.2) is 15.0 Å². The summed E-state index contributed by atoms with van der Waals surface area (Å²) in [4.78, 5) is 15.0. The van der Waals surface area contributed by atoms with Gasteiger partial charge < -0.3 is 0 Å². The number of rotatable bonds is 6. The number of aromatic nitrogens is 3. The first kappa shape index (κ1) is 29.4. The predicted octanol–water partition coefficient (Wildman–Crippen LogP) is 12.2. The summed E-state index contributed by atoms with van der Waals surface area (Å²) in [6, 6.07) is 65.9. The summed E-state index contributed by atoms with van der Waals surface area (Å²) >= 11 is 0. The lowest BCUT2D eigenvalue weighted by Gasteiger charge is -2.20. The molecule has 9 rings (SSSR count). The fourth-order valence-corrected chi connectivity index (χ4v) is 7.05. The second kappa shape index (κ2) is 12.7. The van der Waals surface area contributed by atoms with E-state index in [1.807, 2.05) is 60.7 Å². The van der Waals surface area contributed by atoms with Gasteiger partial charge in [0.05, 0.1) is 0 Å². The summed E-state index contributed by atoms with van der Waals surface area (Å²) in [5, 5.41) is 4.83. The van der Waals surface area contributed by atoms with E-state index in [0.29, 0.717) is 17.5 Å². The highest BCUT2D eigenvalue weighted by Gasteiger charge is 2.19. The summed E-state index contributed by atoms with van der Waals surface area (Å²) in [5.41, 5.74) is 10.0. The molecule has 0 amide bonds. The molecule has 0 aliphatic heterocycles. The van der Waals surface area contributed by atoms with E-state index in [0.717, 1.165) is 22.3 Å². The van der Waals surface area contributed by atoms with Crippen molar-refractivity contribution in [2.75, 3.05) is 0 Å². The molecule has 234 valence electrons. The molecular weight excluding hydrogens is 607 g/mol. The molecule has 0 atom stereocenters. The quantitative estimate of drug-likeness (QED) is 0.170. The van der Waals surface area contributed by atoms with Crippen LogP contribution in [0.3, 0.4) is 0 Å². The Hall–Kier alpha value is -6.71. The zero-order chi connectivity index (χ0) is 33.3. The van der Waals surface area contributed by atoms with Gasteiger partial charge in [-0.3, -0.25) is 0 Å². The van der Waals surface area contributed by atoms with Gasteiger partial charge in [0.2, 0.25) is 0 Å². The number of hydrogen-bond acceptors (Lipinski definition) is 3. The summed E-state index contributed by atoms with van der Waals surface area (Å²) in [7, 11) is 0. The van der Waals surface area contributed by atoms with Gasteiger partial charge in [0, 0.05) is 16.7 Å². The van der Waals surface area contributed by atoms with E-state index in [2.05, 4.69) is 127 Å². The molecule has 0 fully saturated rings. The van der Waals surface area contributed by atoms with Gasteiger partial charge in [-0.2, -0.15) is 0 Å². The fraction of sp³-hybridized carbons (Fsp3) is 0. The SMILES string of the molecule is c1ccc(-c2nc(-c3ccccc3)nc(-c3cccc(-c4c5ccccc5c(-c5ccccc5-c5ccccc5)c5ccccc45)c3)n2)cc1. The minimum atomic E-state index is 0.640. The van der Waals surface area contributed by atoms with E-state index in [9.17, 15) is 0 Å². The minimum absolute atomic E-state index is 0.640. The number of fused-ring (bicyclic) bond motifs is 2. The van der Waals surface area contributed by atoms with Gasteiger partial charge in [-0.05, 0) is 61.0 Å². The lowest BCUT2D eigenvalue weighted by atomic mass is 9.83. The van der Waals surface area contributed by atoms with Crippen molar-refractivity contribution in [2.45, 2.75) is 0 Å². The second-order valence-electron chi connectivity index (χ2n) is 12.4. The van der Waals surface area contributed by atoms with Crippen LogP contribution >= 0.6 is 0 Å². The molecule has 0 saturated heterocycles. The maximum atomic E-state index is 5.03. The molecule has 3 nitrogen and oxygen atoms in total. The van der Waals surface area contributed by atoms with Crippen LogP contribution in [0.4, 0.5) is 0 Å². The number of benzene rings is 8. The monoisotopic (exact) mass is 637 g/mol.